The first-order chi connectivity index (χ1) is 10.3. The van der Waals surface area contributed by atoms with Gasteiger partial charge >= 0.3 is 5.97 Å². The first kappa shape index (κ1) is 17.7. The molecule has 0 aliphatic heterocycles. The molecule has 2 unspecified atom stereocenters. The van der Waals surface area contributed by atoms with Gasteiger partial charge < -0.3 is 15.7 Å². The lowest BCUT2D eigenvalue weighted by Crippen LogP contribution is -2.46. The Kier molecular flexibility index (Phi) is 6.56. The van der Waals surface area contributed by atoms with Crippen LogP contribution in [0.5, 0.6) is 0 Å². The van der Waals surface area contributed by atoms with Gasteiger partial charge in [0.15, 0.2) is 0 Å². The molecule has 6 nitrogen and oxygen atoms in total. The third kappa shape index (κ3) is 5.55. The van der Waals surface area contributed by atoms with E-state index in [0.29, 0.717) is 12.0 Å². The van der Waals surface area contributed by atoms with Crippen molar-refractivity contribution in [1.82, 2.24) is 10.6 Å². The third-order valence-electron chi connectivity index (χ3n) is 3.02. The third-order valence-corrected chi connectivity index (χ3v) is 3.02. The summed E-state index contributed by atoms with van der Waals surface area (Å²) in [4.78, 5) is 35.1. The van der Waals surface area contributed by atoms with E-state index in [9.17, 15) is 14.4 Å². The number of hydrogen-bond acceptors (Lipinski definition) is 3. The van der Waals surface area contributed by atoms with Gasteiger partial charge in [0.2, 0.25) is 11.8 Å². The second kappa shape index (κ2) is 8.17. The van der Waals surface area contributed by atoms with Crippen LogP contribution in [-0.2, 0) is 14.4 Å². The molecule has 22 heavy (non-hydrogen) atoms. The predicted octanol–water partition coefficient (Wildman–Crippen LogP) is 1.48. The van der Waals surface area contributed by atoms with Crippen molar-refractivity contribution in [2.75, 3.05) is 0 Å². The zero-order valence-electron chi connectivity index (χ0n) is 13.0. The SMILES string of the molecule is CC(C)CC(=O)NC(C(=O)NC(C)C(=O)O)c1ccccc1. The fraction of sp³-hybridized carbons (Fsp3) is 0.438. The molecule has 0 fully saturated rings. The van der Waals surface area contributed by atoms with Gasteiger partial charge in [0.05, 0.1) is 0 Å². The van der Waals surface area contributed by atoms with Gasteiger partial charge in [-0.1, -0.05) is 44.2 Å². The maximum absolute atomic E-state index is 12.3. The van der Waals surface area contributed by atoms with Crippen molar-refractivity contribution in [1.29, 1.82) is 0 Å². The normalized spacial score (nSPS) is 13.3. The molecule has 2 amide bonds. The largest absolute Gasteiger partial charge is 0.480 e. The number of benzene rings is 1. The average Bonchev–Trinajstić information content (AvgIpc) is 2.44. The molecule has 0 spiro atoms. The van der Waals surface area contributed by atoms with Gasteiger partial charge in [-0.3, -0.25) is 14.4 Å². The minimum Gasteiger partial charge on any atom is -0.480 e. The lowest BCUT2D eigenvalue weighted by atomic mass is 10.0. The summed E-state index contributed by atoms with van der Waals surface area (Å²) < 4.78 is 0. The van der Waals surface area contributed by atoms with Crippen LogP contribution in [0.4, 0.5) is 0 Å². The minimum atomic E-state index is -1.13. The van der Waals surface area contributed by atoms with Crippen LogP contribution in [0.1, 0.15) is 38.8 Å². The predicted molar refractivity (Wildman–Crippen MR) is 82.0 cm³/mol. The maximum Gasteiger partial charge on any atom is 0.325 e. The van der Waals surface area contributed by atoms with Crippen molar-refractivity contribution in [3.8, 4) is 0 Å². The highest BCUT2D eigenvalue weighted by Gasteiger charge is 2.25. The number of carbonyl (C=O) groups is 3. The van der Waals surface area contributed by atoms with Crippen LogP contribution in [-0.4, -0.2) is 28.9 Å². The molecule has 0 aliphatic rings. The Bertz CT molecular complexity index is 528. The van der Waals surface area contributed by atoms with E-state index in [4.69, 9.17) is 5.11 Å². The molecule has 0 aliphatic carbocycles. The summed E-state index contributed by atoms with van der Waals surface area (Å²) in [6.45, 7) is 5.19. The van der Waals surface area contributed by atoms with Gasteiger partial charge in [-0.2, -0.15) is 0 Å². The number of carboxylic acid groups (broad SMARTS) is 1. The average molecular weight is 306 g/mol. The topological polar surface area (TPSA) is 95.5 Å². The molecule has 0 saturated heterocycles. The van der Waals surface area contributed by atoms with E-state index in [1.807, 2.05) is 13.8 Å². The van der Waals surface area contributed by atoms with E-state index in [0.717, 1.165) is 0 Å². The molecular weight excluding hydrogens is 284 g/mol. The van der Waals surface area contributed by atoms with Gasteiger partial charge in [-0.25, -0.2) is 0 Å². The smallest absolute Gasteiger partial charge is 0.325 e. The second-order valence-corrected chi connectivity index (χ2v) is 5.58. The van der Waals surface area contributed by atoms with Crippen LogP contribution in [0.25, 0.3) is 0 Å². The Balaban J connectivity index is 2.89. The van der Waals surface area contributed by atoms with E-state index >= 15 is 0 Å². The van der Waals surface area contributed by atoms with Crippen LogP contribution in [0.15, 0.2) is 30.3 Å². The van der Waals surface area contributed by atoms with E-state index in [1.54, 1.807) is 30.3 Å². The van der Waals surface area contributed by atoms with E-state index in [1.165, 1.54) is 6.92 Å². The first-order valence-corrected chi connectivity index (χ1v) is 7.18. The Morgan fingerprint density at radius 2 is 1.64 bits per heavy atom. The summed E-state index contributed by atoms with van der Waals surface area (Å²) in [5.41, 5.74) is 0.606. The van der Waals surface area contributed by atoms with Gasteiger partial charge in [0.25, 0.3) is 0 Å². The number of carbonyl (C=O) groups excluding carboxylic acids is 2. The molecule has 2 atom stereocenters. The maximum atomic E-state index is 12.3. The lowest BCUT2D eigenvalue weighted by Gasteiger charge is -2.20. The standard InChI is InChI=1S/C16H22N2O4/c1-10(2)9-13(19)18-14(12-7-5-4-6-8-12)15(20)17-11(3)16(21)22/h4-8,10-11,14H,9H2,1-3H3,(H,17,20)(H,18,19)(H,21,22). The van der Waals surface area contributed by atoms with Crippen LogP contribution >= 0.6 is 0 Å². The molecule has 1 aromatic rings. The van der Waals surface area contributed by atoms with E-state index < -0.39 is 24.0 Å². The van der Waals surface area contributed by atoms with Gasteiger partial charge in [0, 0.05) is 6.42 Å². The Hall–Kier alpha value is -2.37. The lowest BCUT2D eigenvalue weighted by molar-refractivity contribution is -0.141. The van der Waals surface area contributed by atoms with Gasteiger partial charge in [-0.05, 0) is 18.4 Å². The fourth-order valence-electron chi connectivity index (χ4n) is 1.89. The highest BCUT2D eigenvalue weighted by atomic mass is 16.4. The zero-order valence-corrected chi connectivity index (χ0v) is 13.0. The second-order valence-electron chi connectivity index (χ2n) is 5.58. The summed E-state index contributed by atoms with van der Waals surface area (Å²) >= 11 is 0. The van der Waals surface area contributed by atoms with Crippen molar-refractivity contribution in [2.24, 2.45) is 5.92 Å². The Morgan fingerprint density at radius 1 is 1.05 bits per heavy atom. The number of rotatable bonds is 7. The molecule has 0 heterocycles. The highest BCUT2D eigenvalue weighted by Crippen LogP contribution is 2.14. The van der Waals surface area contributed by atoms with Crippen LogP contribution in [0.2, 0.25) is 0 Å². The Labute approximate surface area is 129 Å². The Morgan fingerprint density at radius 3 is 2.14 bits per heavy atom. The molecule has 0 saturated carbocycles. The summed E-state index contributed by atoms with van der Waals surface area (Å²) in [7, 11) is 0. The number of carboxylic acids is 1. The van der Waals surface area contributed by atoms with Crippen molar-refractivity contribution >= 4 is 17.8 Å². The molecule has 3 N–H and O–H groups in total. The summed E-state index contributed by atoms with van der Waals surface area (Å²) in [6, 6.07) is 6.80. The molecule has 0 radical (unpaired) electrons. The molecular formula is C16H22N2O4. The van der Waals surface area contributed by atoms with Crippen molar-refractivity contribution in [3.63, 3.8) is 0 Å². The molecule has 6 heteroatoms. The summed E-state index contributed by atoms with van der Waals surface area (Å²) in [5, 5.41) is 13.9. The molecule has 1 aromatic carbocycles. The number of amides is 2. The number of aliphatic carboxylic acids is 1. The fourth-order valence-corrected chi connectivity index (χ4v) is 1.89. The number of nitrogens with one attached hydrogen (secondary N) is 2. The van der Waals surface area contributed by atoms with Crippen LogP contribution in [0.3, 0.4) is 0 Å². The monoisotopic (exact) mass is 306 g/mol. The zero-order chi connectivity index (χ0) is 16.7. The van der Waals surface area contributed by atoms with Gasteiger partial charge in [0.1, 0.15) is 12.1 Å². The van der Waals surface area contributed by atoms with E-state index in [2.05, 4.69) is 10.6 Å². The first-order valence-electron chi connectivity index (χ1n) is 7.18. The minimum absolute atomic E-state index is 0.164. The van der Waals surface area contributed by atoms with E-state index in [-0.39, 0.29) is 11.8 Å². The van der Waals surface area contributed by atoms with Crippen molar-refractivity contribution in [3.05, 3.63) is 35.9 Å². The van der Waals surface area contributed by atoms with Crippen molar-refractivity contribution in [2.45, 2.75) is 39.3 Å². The molecule has 0 aromatic heterocycles. The molecule has 1 rings (SSSR count). The van der Waals surface area contributed by atoms with Crippen LogP contribution in [0, 0.1) is 5.92 Å². The summed E-state index contributed by atoms with van der Waals surface area (Å²) in [6.07, 6.45) is 0.297. The molecule has 0 bridgehead atoms. The van der Waals surface area contributed by atoms with Crippen LogP contribution < -0.4 is 10.6 Å². The summed E-state index contributed by atoms with van der Waals surface area (Å²) in [5.74, 6) is -1.76. The van der Waals surface area contributed by atoms with Crippen molar-refractivity contribution < 1.29 is 19.5 Å². The molecule has 120 valence electrons. The highest BCUT2D eigenvalue weighted by molar-refractivity contribution is 5.91. The van der Waals surface area contributed by atoms with Gasteiger partial charge in [-0.15, -0.1) is 0 Å². The quantitative estimate of drug-likeness (QED) is 0.711. The number of hydrogen-bond donors (Lipinski definition) is 3.